The maximum Gasteiger partial charge on any atom is 0.0690 e. The SMILES string of the molecule is CNCCCC1C#CCCCCN1. The van der Waals surface area contributed by atoms with Gasteiger partial charge in [-0.1, -0.05) is 5.92 Å². The largest absolute Gasteiger partial charge is 0.320 e. The van der Waals surface area contributed by atoms with Crippen LogP contribution in [0.5, 0.6) is 0 Å². The van der Waals surface area contributed by atoms with Gasteiger partial charge >= 0.3 is 0 Å². The molecule has 2 N–H and O–H groups in total. The zero-order valence-electron chi connectivity index (χ0n) is 8.53. The number of rotatable bonds is 4. The Hall–Kier alpha value is -0.520. The van der Waals surface area contributed by atoms with Gasteiger partial charge in [0, 0.05) is 6.42 Å². The molecule has 1 rings (SSSR count). The van der Waals surface area contributed by atoms with Crippen LogP contribution in [0.1, 0.15) is 32.1 Å². The van der Waals surface area contributed by atoms with E-state index in [1.807, 2.05) is 7.05 Å². The highest BCUT2D eigenvalue weighted by atomic mass is 14.9. The van der Waals surface area contributed by atoms with Crippen LogP contribution in [0.25, 0.3) is 0 Å². The summed E-state index contributed by atoms with van der Waals surface area (Å²) in [5, 5.41) is 6.64. The Balaban J connectivity index is 2.20. The molecule has 1 aliphatic rings. The van der Waals surface area contributed by atoms with Gasteiger partial charge in [-0.3, -0.25) is 0 Å². The molecule has 0 aliphatic carbocycles. The van der Waals surface area contributed by atoms with Gasteiger partial charge in [-0.25, -0.2) is 0 Å². The third-order valence-corrected chi connectivity index (χ3v) is 2.32. The third kappa shape index (κ3) is 4.92. The molecule has 0 spiro atoms. The fourth-order valence-electron chi connectivity index (χ4n) is 1.52. The fraction of sp³-hybridized carbons (Fsp3) is 0.818. The van der Waals surface area contributed by atoms with Gasteiger partial charge in [0.1, 0.15) is 0 Å². The lowest BCUT2D eigenvalue weighted by molar-refractivity contribution is 0.520. The van der Waals surface area contributed by atoms with Crippen molar-refractivity contribution in [1.82, 2.24) is 10.6 Å². The minimum Gasteiger partial charge on any atom is -0.320 e. The maximum atomic E-state index is 3.48. The van der Waals surface area contributed by atoms with E-state index in [0.717, 1.165) is 19.5 Å². The smallest absolute Gasteiger partial charge is 0.0690 e. The minimum absolute atomic E-state index is 0.439. The average molecular weight is 180 g/mol. The molecule has 1 unspecified atom stereocenters. The molecule has 2 nitrogen and oxygen atoms in total. The zero-order valence-corrected chi connectivity index (χ0v) is 8.53. The normalized spacial score (nSPS) is 22.7. The molecule has 1 atom stereocenters. The summed E-state index contributed by atoms with van der Waals surface area (Å²) in [6.07, 6.45) is 6.00. The monoisotopic (exact) mass is 180 g/mol. The van der Waals surface area contributed by atoms with E-state index in [2.05, 4.69) is 22.5 Å². The molecule has 13 heavy (non-hydrogen) atoms. The molecule has 0 amide bonds. The second-order valence-corrected chi connectivity index (χ2v) is 3.53. The van der Waals surface area contributed by atoms with Crippen LogP contribution in [0.2, 0.25) is 0 Å². The lowest BCUT2D eigenvalue weighted by atomic mass is 10.1. The van der Waals surface area contributed by atoms with Crippen molar-refractivity contribution < 1.29 is 0 Å². The van der Waals surface area contributed by atoms with Gasteiger partial charge in [0.25, 0.3) is 0 Å². The van der Waals surface area contributed by atoms with Crippen LogP contribution in [0.4, 0.5) is 0 Å². The van der Waals surface area contributed by atoms with E-state index < -0.39 is 0 Å². The highest BCUT2D eigenvalue weighted by Crippen LogP contribution is 2.01. The summed E-state index contributed by atoms with van der Waals surface area (Å²) in [5.41, 5.74) is 0. The lowest BCUT2D eigenvalue weighted by Crippen LogP contribution is -2.30. The predicted molar refractivity (Wildman–Crippen MR) is 56.6 cm³/mol. The minimum atomic E-state index is 0.439. The number of nitrogens with one attached hydrogen (secondary N) is 2. The second kappa shape index (κ2) is 6.94. The third-order valence-electron chi connectivity index (χ3n) is 2.32. The first kappa shape index (κ1) is 10.6. The Labute approximate surface area is 81.5 Å². The first-order valence-corrected chi connectivity index (χ1v) is 5.30. The molecule has 0 radical (unpaired) electrons. The van der Waals surface area contributed by atoms with E-state index in [0.29, 0.717) is 6.04 Å². The van der Waals surface area contributed by atoms with Gasteiger partial charge in [0.15, 0.2) is 0 Å². The summed E-state index contributed by atoms with van der Waals surface area (Å²) in [5.74, 6) is 6.52. The molecule has 74 valence electrons. The molecule has 1 aliphatic heterocycles. The van der Waals surface area contributed by atoms with E-state index in [1.54, 1.807) is 0 Å². The van der Waals surface area contributed by atoms with Crippen molar-refractivity contribution in [3.8, 4) is 11.8 Å². The van der Waals surface area contributed by atoms with Crippen LogP contribution in [0.15, 0.2) is 0 Å². The van der Waals surface area contributed by atoms with Crippen molar-refractivity contribution in [3.63, 3.8) is 0 Å². The lowest BCUT2D eigenvalue weighted by Gasteiger charge is -2.14. The Kier molecular flexibility index (Phi) is 5.64. The van der Waals surface area contributed by atoms with Crippen molar-refractivity contribution in [3.05, 3.63) is 0 Å². The van der Waals surface area contributed by atoms with Crippen LogP contribution < -0.4 is 10.6 Å². The summed E-state index contributed by atoms with van der Waals surface area (Å²) in [6, 6.07) is 0.439. The van der Waals surface area contributed by atoms with Crippen molar-refractivity contribution in [2.24, 2.45) is 0 Å². The molecule has 0 bridgehead atoms. The summed E-state index contributed by atoms with van der Waals surface area (Å²) in [7, 11) is 2.00. The van der Waals surface area contributed by atoms with E-state index in [9.17, 15) is 0 Å². The first-order chi connectivity index (χ1) is 6.43. The topological polar surface area (TPSA) is 24.1 Å². The van der Waals surface area contributed by atoms with Crippen LogP contribution in [0, 0.1) is 11.8 Å². The van der Waals surface area contributed by atoms with Gasteiger partial charge in [0.05, 0.1) is 6.04 Å². The first-order valence-electron chi connectivity index (χ1n) is 5.30. The quantitative estimate of drug-likeness (QED) is 0.500. The standard InChI is InChI=1S/C11H20N2/c1-12-9-6-8-11-7-4-2-3-5-10-13-11/h11-13H,2-3,5-6,8-10H2,1H3. The van der Waals surface area contributed by atoms with E-state index >= 15 is 0 Å². The molecule has 0 aromatic heterocycles. The maximum absolute atomic E-state index is 3.48. The fourth-order valence-corrected chi connectivity index (χ4v) is 1.52. The summed E-state index contributed by atoms with van der Waals surface area (Å²) < 4.78 is 0. The molecule has 1 heterocycles. The van der Waals surface area contributed by atoms with Crippen LogP contribution in [-0.2, 0) is 0 Å². The summed E-state index contributed by atoms with van der Waals surface area (Å²) in [6.45, 7) is 2.23. The number of hydrogen-bond donors (Lipinski definition) is 2. The molecule has 0 saturated heterocycles. The zero-order chi connectivity index (χ0) is 9.36. The Morgan fingerprint density at radius 2 is 2.38 bits per heavy atom. The van der Waals surface area contributed by atoms with Gasteiger partial charge in [-0.05, 0) is 45.8 Å². The molecule has 0 aromatic carbocycles. The Bertz CT molecular complexity index is 178. The Morgan fingerprint density at radius 1 is 1.46 bits per heavy atom. The highest BCUT2D eigenvalue weighted by Gasteiger charge is 2.04. The molecular formula is C11H20N2. The molecule has 0 fully saturated rings. The van der Waals surface area contributed by atoms with Crippen LogP contribution in [-0.4, -0.2) is 26.2 Å². The van der Waals surface area contributed by atoms with E-state index in [4.69, 9.17) is 0 Å². The Morgan fingerprint density at radius 3 is 3.23 bits per heavy atom. The molecule has 2 heteroatoms. The molecule has 0 aromatic rings. The van der Waals surface area contributed by atoms with E-state index in [-0.39, 0.29) is 0 Å². The average Bonchev–Trinajstić information content (AvgIpc) is 2.08. The van der Waals surface area contributed by atoms with Crippen LogP contribution >= 0.6 is 0 Å². The van der Waals surface area contributed by atoms with Crippen molar-refractivity contribution in [2.45, 2.75) is 38.1 Å². The second-order valence-electron chi connectivity index (χ2n) is 3.53. The highest BCUT2D eigenvalue weighted by molar-refractivity contribution is 5.08. The van der Waals surface area contributed by atoms with Crippen LogP contribution in [0.3, 0.4) is 0 Å². The van der Waals surface area contributed by atoms with Gasteiger partial charge < -0.3 is 10.6 Å². The van der Waals surface area contributed by atoms with Gasteiger partial charge in [-0.2, -0.15) is 0 Å². The molecule has 0 saturated carbocycles. The van der Waals surface area contributed by atoms with Gasteiger partial charge in [0.2, 0.25) is 0 Å². The predicted octanol–water partition coefficient (Wildman–Crippen LogP) is 1.13. The molecular weight excluding hydrogens is 160 g/mol. The van der Waals surface area contributed by atoms with Crippen molar-refractivity contribution >= 4 is 0 Å². The summed E-state index contributed by atoms with van der Waals surface area (Å²) >= 11 is 0. The van der Waals surface area contributed by atoms with Crippen molar-refractivity contribution in [1.29, 1.82) is 0 Å². The van der Waals surface area contributed by atoms with E-state index in [1.165, 1.54) is 25.7 Å². The van der Waals surface area contributed by atoms with Gasteiger partial charge in [-0.15, -0.1) is 5.92 Å². The number of hydrogen-bond acceptors (Lipinski definition) is 2. The summed E-state index contributed by atoms with van der Waals surface area (Å²) in [4.78, 5) is 0. The van der Waals surface area contributed by atoms with Crippen molar-refractivity contribution in [2.75, 3.05) is 20.1 Å².